The number of nitrogens with zero attached hydrogens (tertiary/aromatic N) is 1. The van der Waals surface area contributed by atoms with Crippen LogP contribution in [0.1, 0.15) is 29.0 Å². The lowest BCUT2D eigenvalue weighted by Crippen LogP contribution is -2.44. The van der Waals surface area contributed by atoms with Crippen molar-refractivity contribution in [1.82, 2.24) is 10.6 Å². The summed E-state index contributed by atoms with van der Waals surface area (Å²) in [6.45, 7) is 0. The van der Waals surface area contributed by atoms with Crippen LogP contribution >= 0.6 is 0 Å². The van der Waals surface area contributed by atoms with Crippen molar-refractivity contribution in [3.63, 3.8) is 0 Å². The van der Waals surface area contributed by atoms with Crippen LogP contribution < -0.4 is 10.6 Å². The molecule has 342 valence electrons. The van der Waals surface area contributed by atoms with Crippen molar-refractivity contribution < 1.29 is 0 Å². The molecule has 1 heterocycles. The quantitative estimate of drug-likeness (QED) is 0.136. The van der Waals surface area contributed by atoms with Crippen molar-refractivity contribution >= 4 is 5.84 Å². The normalized spacial score (nSPS) is 14.2. The molecule has 0 saturated heterocycles. The molecule has 0 spiro atoms. The van der Waals surface area contributed by atoms with Crippen LogP contribution in [0.4, 0.5) is 0 Å². The van der Waals surface area contributed by atoms with Crippen LogP contribution in [0.5, 0.6) is 0 Å². The molecule has 72 heavy (non-hydrogen) atoms. The Labute approximate surface area is 422 Å². The second-order valence-electron chi connectivity index (χ2n) is 18.4. The standard InChI is InChI=1S/C69H51N3/c1-4-15-48(16-5-1)57-21-10-24-60(43-57)51-31-37-54(38-32-51)67-70-68(55-39-33-52(34-40-55)61-25-13-29-65(46-61)63-27-11-22-58(44-63)49-17-6-2-7-18-49)72-69(71-67)56-41-35-53(36-42-56)62-26-14-30-66(47-62)64-28-12-23-59(45-64)50-19-8-3-9-20-50/h1-47,68-69,72H,(H,70,71). The van der Waals surface area contributed by atoms with Crippen LogP contribution in [0.15, 0.2) is 290 Å². The lowest BCUT2D eigenvalue weighted by atomic mass is 9.95. The second-order valence-corrected chi connectivity index (χ2v) is 18.4. The minimum atomic E-state index is -0.294. The Hall–Kier alpha value is -9.15. The molecular weight excluding hydrogens is 871 g/mol. The van der Waals surface area contributed by atoms with Crippen LogP contribution in [0, 0.1) is 0 Å². The zero-order chi connectivity index (χ0) is 48.1. The van der Waals surface area contributed by atoms with Gasteiger partial charge < -0.3 is 5.32 Å². The van der Waals surface area contributed by atoms with Crippen LogP contribution in [0.3, 0.4) is 0 Å². The fraction of sp³-hybridized carbons (Fsp3) is 0.0290. The van der Waals surface area contributed by atoms with Crippen LogP contribution in [-0.2, 0) is 0 Å². The van der Waals surface area contributed by atoms with E-state index in [1.807, 2.05) is 0 Å². The summed E-state index contributed by atoms with van der Waals surface area (Å²) in [5, 5.41) is 7.66. The van der Waals surface area contributed by atoms with Gasteiger partial charge in [0, 0.05) is 5.56 Å². The predicted octanol–water partition coefficient (Wildman–Crippen LogP) is 17.4. The maximum atomic E-state index is 5.37. The third kappa shape index (κ3) is 9.58. The third-order valence-corrected chi connectivity index (χ3v) is 13.8. The topological polar surface area (TPSA) is 36.4 Å². The Morgan fingerprint density at radius 3 is 0.806 bits per heavy atom. The van der Waals surface area contributed by atoms with Crippen molar-refractivity contribution in [1.29, 1.82) is 0 Å². The van der Waals surface area contributed by atoms with E-state index in [2.05, 4.69) is 296 Å². The van der Waals surface area contributed by atoms with E-state index in [4.69, 9.17) is 4.99 Å². The Morgan fingerprint density at radius 1 is 0.222 bits per heavy atom. The van der Waals surface area contributed by atoms with E-state index in [0.29, 0.717) is 0 Å². The van der Waals surface area contributed by atoms with Gasteiger partial charge in [-0.15, -0.1) is 0 Å². The number of benzene rings is 11. The van der Waals surface area contributed by atoms with Gasteiger partial charge in [-0.05, 0) is 130 Å². The Kier molecular flexibility index (Phi) is 12.3. The van der Waals surface area contributed by atoms with Gasteiger partial charge in [-0.3, -0.25) is 5.32 Å². The van der Waals surface area contributed by atoms with Crippen molar-refractivity contribution in [2.24, 2.45) is 4.99 Å². The van der Waals surface area contributed by atoms with Crippen molar-refractivity contribution in [3.05, 3.63) is 302 Å². The molecule has 12 rings (SSSR count). The molecule has 3 heteroatoms. The first-order valence-corrected chi connectivity index (χ1v) is 24.7. The number of aliphatic imine (C=N–C) groups is 1. The Balaban J connectivity index is 0.832. The lowest BCUT2D eigenvalue weighted by Gasteiger charge is -2.32. The van der Waals surface area contributed by atoms with Gasteiger partial charge in [-0.1, -0.05) is 255 Å². The first-order valence-electron chi connectivity index (χ1n) is 24.7. The molecule has 0 fully saturated rings. The second kappa shape index (κ2) is 20.1. The zero-order valence-corrected chi connectivity index (χ0v) is 39.7. The largest absolute Gasteiger partial charge is 0.350 e. The van der Waals surface area contributed by atoms with Crippen molar-refractivity contribution in [2.75, 3.05) is 0 Å². The van der Waals surface area contributed by atoms with Gasteiger partial charge >= 0.3 is 0 Å². The molecule has 3 nitrogen and oxygen atoms in total. The SMILES string of the molecule is c1ccc(-c2cccc(-c3ccc(C4=NC(c5ccc(-c6cccc(-c7cccc(-c8ccccc8)c7)c6)cc5)NC(c5ccc(-c6cccc(-c7cccc(-c8ccccc8)c7)c6)cc5)N4)cc3)c2)cc1. The summed E-state index contributed by atoms with van der Waals surface area (Å²) >= 11 is 0. The Morgan fingerprint density at radius 2 is 0.472 bits per heavy atom. The molecule has 1 aliphatic heterocycles. The van der Waals surface area contributed by atoms with Gasteiger partial charge in [-0.25, -0.2) is 4.99 Å². The highest BCUT2D eigenvalue weighted by Gasteiger charge is 2.26. The third-order valence-electron chi connectivity index (χ3n) is 13.8. The van der Waals surface area contributed by atoms with E-state index in [1.54, 1.807) is 0 Å². The van der Waals surface area contributed by atoms with Crippen LogP contribution in [-0.4, -0.2) is 5.84 Å². The van der Waals surface area contributed by atoms with E-state index >= 15 is 0 Å². The minimum absolute atomic E-state index is 0.200. The van der Waals surface area contributed by atoms with Crippen LogP contribution in [0.25, 0.3) is 89.0 Å². The maximum Gasteiger partial charge on any atom is 0.131 e. The van der Waals surface area contributed by atoms with Crippen molar-refractivity contribution in [2.45, 2.75) is 12.3 Å². The zero-order valence-electron chi connectivity index (χ0n) is 39.7. The average Bonchev–Trinajstić information content (AvgIpc) is 3.48. The van der Waals surface area contributed by atoms with Crippen LogP contribution in [0.2, 0.25) is 0 Å². The number of amidine groups is 1. The molecule has 11 aromatic rings. The van der Waals surface area contributed by atoms with E-state index in [0.717, 1.165) is 39.2 Å². The smallest absolute Gasteiger partial charge is 0.131 e. The first kappa shape index (κ1) is 44.1. The molecule has 11 aromatic carbocycles. The first-order chi connectivity index (χ1) is 35.6. The van der Waals surface area contributed by atoms with E-state index in [-0.39, 0.29) is 12.3 Å². The maximum absolute atomic E-state index is 5.37. The summed E-state index contributed by atoms with van der Waals surface area (Å²) in [4.78, 5) is 5.37. The van der Waals surface area contributed by atoms with Gasteiger partial charge in [0.1, 0.15) is 18.2 Å². The average molecular weight is 922 g/mol. The fourth-order valence-corrected chi connectivity index (χ4v) is 9.88. The molecule has 2 N–H and O–H groups in total. The molecule has 0 aliphatic carbocycles. The molecule has 2 unspecified atom stereocenters. The summed E-state index contributed by atoms with van der Waals surface area (Å²) in [5.74, 6) is 0.845. The molecular formula is C69H51N3. The molecule has 2 atom stereocenters. The summed E-state index contributed by atoms with van der Waals surface area (Å²) < 4.78 is 0. The molecule has 0 saturated carbocycles. The predicted molar refractivity (Wildman–Crippen MR) is 301 cm³/mol. The number of nitrogens with one attached hydrogen (secondary N) is 2. The fourth-order valence-electron chi connectivity index (χ4n) is 9.88. The van der Waals surface area contributed by atoms with Gasteiger partial charge in [0.2, 0.25) is 0 Å². The van der Waals surface area contributed by atoms with Gasteiger partial charge in [0.05, 0.1) is 0 Å². The van der Waals surface area contributed by atoms with E-state index in [9.17, 15) is 0 Å². The van der Waals surface area contributed by atoms with Gasteiger partial charge in [0.25, 0.3) is 0 Å². The van der Waals surface area contributed by atoms with Gasteiger partial charge in [0.15, 0.2) is 0 Å². The van der Waals surface area contributed by atoms with Gasteiger partial charge in [-0.2, -0.15) is 0 Å². The number of hydrogen-bond acceptors (Lipinski definition) is 3. The van der Waals surface area contributed by atoms with Crippen molar-refractivity contribution in [3.8, 4) is 89.0 Å². The highest BCUT2D eigenvalue weighted by molar-refractivity contribution is 6.00. The molecule has 1 aliphatic rings. The Bertz CT molecular complexity index is 3660. The molecule has 0 amide bonds. The summed E-state index contributed by atoms with van der Waals surface area (Å²) in [7, 11) is 0. The number of rotatable bonds is 11. The monoisotopic (exact) mass is 921 g/mol. The molecule has 0 radical (unpaired) electrons. The molecule has 0 bridgehead atoms. The number of hydrogen-bond donors (Lipinski definition) is 2. The lowest BCUT2D eigenvalue weighted by molar-refractivity contribution is 0.409. The van der Waals surface area contributed by atoms with E-state index in [1.165, 1.54) is 72.3 Å². The van der Waals surface area contributed by atoms with E-state index < -0.39 is 0 Å². The minimum Gasteiger partial charge on any atom is -0.350 e. The highest BCUT2D eigenvalue weighted by Crippen LogP contribution is 2.35. The summed E-state index contributed by atoms with van der Waals surface area (Å²) in [5.41, 5.74) is 22.3. The molecule has 0 aromatic heterocycles. The highest BCUT2D eigenvalue weighted by atomic mass is 15.3. The summed E-state index contributed by atoms with van der Waals surface area (Å²) in [6, 6.07) is 102. The summed E-state index contributed by atoms with van der Waals surface area (Å²) in [6.07, 6.45) is -0.494.